The van der Waals surface area contributed by atoms with Crippen LogP contribution in [0, 0.1) is 0 Å². The van der Waals surface area contributed by atoms with Gasteiger partial charge in [0.1, 0.15) is 0 Å². The van der Waals surface area contributed by atoms with E-state index in [4.69, 9.17) is 5.73 Å². The normalized spacial score (nSPS) is 13.3. The van der Waals surface area contributed by atoms with Crippen LogP contribution in [-0.4, -0.2) is 21.2 Å². The largest absolute Gasteiger partial charge is 0.387 e. The number of halogens is 1. The highest BCUT2D eigenvalue weighted by atomic mass is 79.9. The Morgan fingerprint density at radius 3 is 3.00 bits per heavy atom. The molecule has 0 spiro atoms. The van der Waals surface area contributed by atoms with E-state index in [1.54, 1.807) is 6.33 Å². The molecule has 80 valence electrons. The first kappa shape index (κ1) is 10.6. The van der Waals surface area contributed by atoms with Crippen LogP contribution in [0.2, 0.25) is 0 Å². The van der Waals surface area contributed by atoms with Crippen molar-refractivity contribution in [1.82, 2.24) is 9.55 Å². The van der Waals surface area contributed by atoms with Crippen molar-refractivity contribution in [3.63, 3.8) is 0 Å². The topological polar surface area (TPSA) is 64.1 Å². The van der Waals surface area contributed by atoms with E-state index in [1.165, 1.54) is 0 Å². The summed E-state index contributed by atoms with van der Waals surface area (Å²) in [6, 6.07) is 3.80. The fourth-order valence-corrected chi connectivity index (χ4v) is 2.14. The molecule has 2 rings (SSSR count). The predicted octanol–water partition coefficient (Wildman–Crippen LogP) is 1.33. The molecule has 0 aliphatic heterocycles. The molecule has 0 aliphatic rings. The van der Waals surface area contributed by atoms with Gasteiger partial charge in [-0.25, -0.2) is 4.98 Å². The van der Waals surface area contributed by atoms with Crippen LogP contribution in [0.5, 0.6) is 0 Å². The maximum absolute atomic E-state index is 9.69. The minimum Gasteiger partial charge on any atom is -0.387 e. The van der Waals surface area contributed by atoms with E-state index in [0.717, 1.165) is 21.1 Å². The molecule has 3 N–H and O–H groups in total. The number of rotatable bonds is 2. The molecule has 1 heterocycles. The van der Waals surface area contributed by atoms with Crippen LogP contribution in [0.4, 0.5) is 0 Å². The zero-order valence-electron chi connectivity index (χ0n) is 8.31. The molecule has 4 nitrogen and oxygen atoms in total. The van der Waals surface area contributed by atoms with Crippen LogP contribution < -0.4 is 5.73 Å². The molecule has 0 saturated carbocycles. The lowest BCUT2D eigenvalue weighted by molar-refractivity contribution is 0.186. The minimum atomic E-state index is -0.647. The van der Waals surface area contributed by atoms with Gasteiger partial charge in [0.2, 0.25) is 0 Å². The highest BCUT2D eigenvalue weighted by Gasteiger charge is 2.12. The summed E-state index contributed by atoms with van der Waals surface area (Å²) in [4.78, 5) is 4.23. The summed E-state index contributed by atoms with van der Waals surface area (Å²) in [6.07, 6.45) is 1.10. The van der Waals surface area contributed by atoms with Crippen molar-refractivity contribution >= 4 is 27.0 Å². The highest BCUT2D eigenvalue weighted by Crippen LogP contribution is 2.27. The summed E-state index contributed by atoms with van der Waals surface area (Å²) >= 11 is 3.42. The molecule has 15 heavy (non-hydrogen) atoms. The molecule has 1 unspecified atom stereocenters. The maximum atomic E-state index is 9.69. The summed E-state index contributed by atoms with van der Waals surface area (Å²) in [5.41, 5.74) is 8.09. The van der Waals surface area contributed by atoms with Gasteiger partial charge in [-0.05, 0) is 17.7 Å². The van der Waals surface area contributed by atoms with Gasteiger partial charge >= 0.3 is 0 Å². The average molecular weight is 270 g/mol. The van der Waals surface area contributed by atoms with Gasteiger partial charge < -0.3 is 15.4 Å². The second-order valence-corrected chi connectivity index (χ2v) is 4.32. The van der Waals surface area contributed by atoms with E-state index < -0.39 is 6.10 Å². The SMILES string of the molecule is Cn1cnc2cc(C(O)CN)c(Br)cc21. The molecular formula is C10H12BrN3O. The second-order valence-electron chi connectivity index (χ2n) is 3.47. The number of aliphatic hydroxyl groups excluding tert-OH is 1. The molecular weight excluding hydrogens is 258 g/mol. The molecule has 0 bridgehead atoms. The van der Waals surface area contributed by atoms with E-state index in [2.05, 4.69) is 20.9 Å². The van der Waals surface area contributed by atoms with Crippen molar-refractivity contribution in [3.8, 4) is 0 Å². The number of nitrogens with two attached hydrogens (primary N) is 1. The van der Waals surface area contributed by atoms with Crippen molar-refractivity contribution in [1.29, 1.82) is 0 Å². The zero-order valence-corrected chi connectivity index (χ0v) is 9.90. The van der Waals surface area contributed by atoms with Crippen LogP contribution in [0.1, 0.15) is 11.7 Å². The molecule has 0 fully saturated rings. The number of aromatic nitrogens is 2. The van der Waals surface area contributed by atoms with E-state index in [9.17, 15) is 5.11 Å². The molecule has 1 aromatic carbocycles. The predicted molar refractivity (Wildman–Crippen MR) is 62.4 cm³/mol. The van der Waals surface area contributed by atoms with Crippen LogP contribution in [0.25, 0.3) is 11.0 Å². The fourth-order valence-electron chi connectivity index (χ4n) is 1.55. The molecule has 5 heteroatoms. The van der Waals surface area contributed by atoms with Crippen LogP contribution in [0.3, 0.4) is 0 Å². The molecule has 0 radical (unpaired) electrons. The van der Waals surface area contributed by atoms with Gasteiger partial charge in [-0.1, -0.05) is 15.9 Å². The first-order valence-corrected chi connectivity index (χ1v) is 5.41. The van der Waals surface area contributed by atoms with Gasteiger partial charge in [-0.15, -0.1) is 0 Å². The summed E-state index contributed by atoms with van der Waals surface area (Å²) in [5.74, 6) is 0. The van der Waals surface area contributed by atoms with Gasteiger partial charge in [-0.2, -0.15) is 0 Å². The summed E-state index contributed by atoms with van der Waals surface area (Å²) in [6.45, 7) is 0.205. The first-order valence-electron chi connectivity index (χ1n) is 4.62. The van der Waals surface area contributed by atoms with Gasteiger partial charge in [0, 0.05) is 18.1 Å². The van der Waals surface area contributed by atoms with Crippen LogP contribution >= 0.6 is 15.9 Å². The Labute approximate surface area is 95.8 Å². The third-order valence-electron chi connectivity index (χ3n) is 2.43. The Morgan fingerprint density at radius 1 is 1.60 bits per heavy atom. The number of hydrogen-bond donors (Lipinski definition) is 2. The zero-order chi connectivity index (χ0) is 11.0. The van der Waals surface area contributed by atoms with Crippen molar-refractivity contribution in [2.75, 3.05) is 6.54 Å². The maximum Gasteiger partial charge on any atom is 0.0955 e. The summed E-state index contributed by atoms with van der Waals surface area (Å²) in [7, 11) is 1.93. The molecule has 1 aromatic heterocycles. The number of aliphatic hydroxyl groups is 1. The second kappa shape index (κ2) is 3.92. The Hall–Kier alpha value is -0.910. The minimum absolute atomic E-state index is 0.205. The van der Waals surface area contributed by atoms with Crippen molar-refractivity contribution in [3.05, 3.63) is 28.5 Å². The lowest BCUT2D eigenvalue weighted by Gasteiger charge is -2.10. The molecule has 0 amide bonds. The van der Waals surface area contributed by atoms with Crippen molar-refractivity contribution < 1.29 is 5.11 Å². The number of benzene rings is 1. The van der Waals surface area contributed by atoms with Gasteiger partial charge in [0.15, 0.2) is 0 Å². The monoisotopic (exact) mass is 269 g/mol. The van der Waals surface area contributed by atoms with Crippen molar-refractivity contribution in [2.45, 2.75) is 6.10 Å². The Kier molecular flexibility index (Phi) is 2.77. The number of nitrogens with zero attached hydrogens (tertiary/aromatic N) is 2. The van der Waals surface area contributed by atoms with E-state index >= 15 is 0 Å². The van der Waals surface area contributed by atoms with Crippen LogP contribution in [-0.2, 0) is 7.05 Å². The molecule has 0 aliphatic carbocycles. The standard InChI is InChI=1S/C10H12BrN3O/c1-14-5-13-8-2-6(10(15)4-12)7(11)3-9(8)14/h2-3,5,10,15H,4,12H2,1H3. The number of imidazole rings is 1. The van der Waals surface area contributed by atoms with Crippen molar-refractivity contribution in [2.24, 2.45) is 12.8 Å². The Morgan fingerprint density at radius 2 is 2.33 bits per heavy atom. The number of fused-ring (bicyclic) bond motifs is 1. The molecule has 2 aromatic rings. The van der Waals surface area contributed by atoms with Gasteiger partial charge in [0.25, 0.3) is 0 Å². The van der Waals surface area contributed by atoms with E-state index in [0.29, 0.717) is 0 Å². The average Bonchev–Trinajstić information content (AvgIpc) is 2.58. The number of hydrogen-bond acceptors (Lipinski definition) is 3. The van der Waals surface area contributed by atoms with Gasteiger partial charge in [-0.3, -0.25) is 0 Å². The lowest BCUT2D eigenvalue weighted by atomic mass is 10.1. The third kappa shape index (κ3) is 1.78. The van der Waals surface area contributed by atoms with E-state index in [-0.39, 0.29) is 6.54 Å². The Bertz CT molecular complexity index is 495. The fraction of sp³-hybridized carbons (Fsp3) is 0.300. The molecule has 0 saturated heterocycles. The summed E-state index contributed by atoms with van der Waals surface area (Å²) in [5, 5.41) is 9.69. The quantitative estimate of drug-likeness (QED) is 0.865. The smallest absolute Gasteiger partial charge is 0.0955 e. The third-order valence-corrected chi connectivity index (χ3v) is 3.11. The number of aryl methyl sites for hydroxylation is 1. The lowest BCUT2D eigenvalue weighted by Crippen LogP contribution is -2.12. The first-order chi connectivity index (χ1) is 7.13. The van der Waals surface area contributed by atoms with Crippen LogP contribution in [0.15, 0.2) is 22.9 Å². The molecule has 1 atom stereocenters. The Balaban J connectivity index is 2.63. The van der Waals surface area contributed by atoms with Gasteiger partial charge in [0.05, 0.1) is 23.5 Å². The summed E-state index contributed by atoms with van der Waals surface area (Å²) < 4.78 is 2.79. The van der Waals surface area contributed by atoms with E-state index in [1.807, 2.05) is 23.7 Å². The highest BCUT2D eigenvalue weighted by molar-refractivity contribution is 9.10.